The maximum Gasteiger partial charge on any atom is 0.240 e. The van der Waals surface area contributed by atoms with Crippen molar-refractivity contribution in [2.75, 3.05) is 7.05 Å². The highest BCUT2D eigenvalue weighted by Gasteiger charge is 2.45. The number of amides is 1. The molecule has 5 unspecified atom stereocenters. The average molecular weight is 250 g/mol. The molecule has 0 aromatic carbocycles. The number of carbonyl (C=O) groups excluding carboxylic acids is 1. The molecule has 3 fully saturated rings. The highest BCUT2D eigenvalue weighted by Crippen LogP contribution is 2.50. The van der Waals surface area contributed by atoms with Crippen LogP contribution in [0.4, 0.5) is 0 Å². The summed E-state index contributed by atoms with van der Waals surface area (Å²) in [5, 5.41) is 3.21. The summed E-state index contributed by atoms with van der Waals surface area (Å²) in [5.41, 5.74) is 0. The molecule has 1 amide bonds. The SMILES string of the molecule is CNC1CCCC(C)N(C2CCC3CC3C2)C1=O. The molecule has 1 N–H and O–H groups in total. The van der Waals surface area contributed by atoms with Gasteiger partial charge < -0.3 is 10.2 Å². The van der Waals surface area contributed by atoms with Crippen LogP contribution in [0.25, 0.3) is 0 Å². The summed E-state index contributed by atoms with van der Waals surface area (Å²) >= 11 is 0. The van der Waals surface area contributed by atoms with E-state index >= 15 is 0 Å². The predicted molar refractivity (Wildman–Crippen MR) is 72.2 cm³/mol. The number of carbonyl (C=O) groups is 1. The summed E-state index contributed by atoms with van der Waals surface area (Å²) < 4.78 is 0. The molecule has 5 atom stereocenters. The Bertz CT molecular complexity index is 330. The zero-order valence-electron chi connectivity index (χ0n) is 11.7. The summed E-state index contributed by atoms with van der Waals surface area (Å²) in [7, 11) is 1.93. The Balaban J connectivity index is 1.75. The van der Waals surface area contributed by atoms with Gasteiger partial charge >= 0.3 is 0 Å². The van der Waals surface area contributed by atoms with Crippen molar-refractivity contribution < 1.29 is 4.79 Å². The van der Waals surface area contributed by atoms with Crippen LogP contribution in [0, 0.1) is 11.8 Å². The Morgan fingerprint density at radius 3 is 2.67 bits per heavy atom. The van der Waals surface area contributed by atoms with E-state index in [9.17, 15) is 4.79 Å². The van der Waals surface area contributed by atoms with Gasteiger partial charge in [0.15, 0.2) is 0 Å². The van der Waals surface area contributed by atoms with Crippen LogP contribution in [0.15, 0.2) is 0 Å². The Hall–Kier alpha value is -0.570. The predicted octanol–water partition coefficient (Wildman–Crippen LogP) is 2.16. The second-order valence-electron chi connectivity index (χ2n) is 6.59. The first-order chi connectivity index (χ1) is 8.70. The summed E-state index contributed by atoms with van der Waals surface area (Å²) in [6.07, 6.45) is 8.67. The lowest BCUT2D eigenvalue weighted by Crippen LogP contribution is -2.52. The van der Waals surface area contributed by atoms with Crippen molar-refractivity contribution in [3.05, 3.63) is 0 Å². The van der Waals surface area contributed by atoms with Crippen LogP contribution in [0.2, 0.25) is 0 Å². The van der Waals surface area contributed by atoms with Crippen molar-refractivity contribution >= 4 is 5.91 Å². The number of hydrogen-bond acceptors (Lipinski definition) is 2. The first-order valence-corrected chi connectivity index (χ1v) is 7.70. The molecule has 1 aliphatic heterocycles. The zero-order chi connectivity index (χ0) is 12.7. The summed E-state index contributed by atoms with van der Waals surface area (Å²) in [5.74, 6) is 2.32. The van der Waals surface area contributed by atoms with Gasteiger partial charge in [-0.15, -0.1) is 0 Å². The van der Waals surface area contributed by atoms with Crippen LogP contribution in [0.5, 0.6) is 0 Å². The van der Waals surface area contributed by atoms with E-state index in [4.69, 9.17) is 0 Å². The Morgan fingerprint density at radius 2 is 1.94 bits per heavy atom. The highest BCUT2D eigenvalue weighted by atomic mass is 16.2. The molecule has 0 spiro atoms. The highest BCUT2D eigenvalue weighted by molar-refractivity contribution is 5.82. The third-order valence-corrected chi connectivity index (χ3v) is 5.40. The monoisotopic (exact) mass is 250 g/mol. The second-order valence-corrected chi connectivity index (χ2v) is 6.59. The van der Waals surface area contributed by atoms with Gasteiger partial charge in [0.2, 0.25) is 5.91 Å². The molecule has 0 aromatic rings. The molecule has 3 rings (SSSR count). The van der Waals surface area contributed by atoms with Gasteiger partial charge in [-0.2, -0.15) is 0 Å². The van der Waals surface area contributed by atoms with E-state index in [1.54, 1.807) is 0 Å². The summed E-state index contributed by atoms with van der Waals surface area (Å²) in [6.45, 7) is 2.24. The molecule has 102 valence electrons. The molecule has 0 aromatic heterocycles. The Kier molecular flexibility index (Phi) is 3.35. The normalized spacial score (nSPS) is 44.4. The Morgan fingerprint density at radius 1 is 1.11 bits per heavy atom. The number of likely N-dealkylation sites (tertiary alicyclic amines) is 1. The number of nitrogens with one attached hydrogen (secondary N) is 1. The molecule has 3 nitrogen and oxygen atoms in total. The molecule has 0 bridgehead atoms. The van der Waals surface area contributed by atoms with Crippen molar-refractivity contribution in [3.63, 3.8) is 0 Å². The largest absolute Gasteiger partial charge is 0.336 e. The molecule has 0 radical (unpaired) electrons. The number of hydrogen-bond donors (Lipinski definition) is 1. The quantitative estimate of drug-likeness (QED) is 0.814. The van der Waals surface area contributed by atoms with E-state index < -0.39 is 0 Å². The fourth-order valence-corrected chi connectivity index (χ4v) is 4.16. The van der Waals surface area contributed by atoms with Crippen molar-refractivity contribution in [1.82, 2.24) is 10.2 Å². The van der Waals surface area contributed by atoms with Gasteiger partial charge in [-0.1, -0.05) is 0 Å². The van der Waals surface area contributed by atoms with E-state index in [-0.39, 0.29) is 6.04 Å². The minimum Gasteiger partial charge on any atom is -0.336 e. The molecule has 3 aliphatic rings. The van der Waals surface area contributed by atoms with E-state index in [1.807, 2.05) is 7.05 Å². The first-order valence-electron chi connectivity index (χ1n) is 7.70. The van der Waals surface area contributed by atoms with Crippen LogP contribution in [-0.4, -0.2) is 36.0 Å². The molecule has 3 heteroatoms. The topological polar surface area (TPSA) is 32.3 Å². The molecule has 2 saturated carbocycles. The lowest BCUT2D eigenvalue weighted by atomic mass is 9.92. The van der Waals surface area contributed by atoms with Gasteiger partial charge in [-0.3, -0.25) is 4.79 Å². The summed E-state index contributed by atoms with van der Waals surface area (Å²) in [4.78, 5) is 14.9. The third kappa shape index (κ3) is 2.18. The smallest absolute Gasteiger partial charge is 0.240 e. The third-order valence-electron chi connectivity index (χ3n) is 5.40. The van der Waals surface area contributed by atoms with E-state index in [1.165, 1.54) is 38.5 Å². The molecule has 1 heterocycles. The molecular formula is C15H26N2O. The van der Waals surface area contributed by atoms with Crippen molar-refractivity contribution in [1.29, 1.82) is 0 Å². The van der Waals surface area contributed by atoms with Crippen molar-refractivity contribution in [2.24, 2.45) is 11.8 Å². The van der Waals surface area contributed by atoms with E-state index in [0.717, 1.165) is 18.3 Å². The zero-order valence-corrected chi connectivity index (χ0v) is 11.7. The van der Waals surface area contributed by atoms with Gasteiger partial charge in [0, 0.05) is 12.1 Å². The molecule has 2 aliphatic carbocycles. The molecular weight excluding hydrogens is 224 g/mol. The fourth-order valence-electron chi connectivity index (χ4n) is 4.16. The maximum absolute atomic E-state index is 12.7. The maximum atomic E-state index is 12.7. The van der Waals surface area contributed by atoms with Crippen LogP contribution < -0.4 is 5.32 Å². The van der Waals surface area contributed by atoms with E-state index in [2.05, 4.69) is 17.1 Å². The average Bonchev–Trinajstić information content (AvgIpc) is 3.13. The van der Waals surface area contributed by atoms with Gasteiger partial charge in [-0.25, -0.2) is 0 Å². The van der Waals surface area contributed by atoms with Crippen LogP contribution >= 0.6 is 0 Å². The first kappa shape index (κ1) is 12.5. The lowest BCUT2D eigenvalue weighted by molar-refractivity contribution is -0.138. The van der Waals surface area contributed by atoms with Crippen LogP contribution in [0.1, 0.15) is 51.9 Å². The minimum atomic E-state index is 0.0619. The number of likely N-dealkylation sites (N-methyl/N-ethyl adjacent to an activating group) is 1. The lowest BCUT2D eigenvalue weighted by Gasteiger charge is -2.38. The standard InChI is InChI=1S/C15H26N2O/c1-10-4-3-5-14(16-2)15(18)17(10)13-7-6-11-8-12(11)9-13/h10-14,16H,3-9H2,1-2H3. The number of nitrogens with zero attached hydrogens (tertiary/aromatic N) is 1. The molecule has 18 heavy (non-hydrogen) atoms. The van der Waals surface area contributed by atoms with Gasteiger partial charge in [0.1, 0.15) is 0 Å². The number of rotatable bonds is 2. The summed E-state index contributed by atoms with van der Waals surface area (Å²) in [6, 6.07) is 1.04. The van der Waals surface area contributed by atoms with Crippen LogP contribution in [0.3, 0.4) is 0 Å². The van der Waals surface area contributed by atoms with Gasteiger partial charge in [0.05, 0.1) is 6.04 Å². The molecule has 1 saturated heterocycles. The van der Waals surface area contributed by atoms with E-state index in [0.29, 0.717) is 18.0 Å². The van der Waals surface area contributed by atoms with Crippen molar-refractivity contribution in [3.8, 4) is 0 Å². The minimum absolute atomic E-state index is 0.0619. The Labute approximate surface area is 110 Å². The second kappa shape index (κ2) is 4.84. The number of fused-ring (bicyclic) bond motifs is 1. The van der Waals surface area contributed by atoms with Gasteiger partial charge in [0.25, 0.3) is 0 Å². The van der Waals surface area contributed by atoms with Gasteiger partial charge in [-0.05, 0) is 70.8 Å². The van der Waals surface area contributed by atoms with Crippen LogP contribution in [-0.2, 0) is 4.79 Å². The van der Waals surface area contributed by atoms with Crippen molar-refractivity contribution in [2.45, 2.75) is 70.0 Å². The fraction of sp³-hybridized carbons (Fsp3) is 0.933.